The number of rotatable bonds is 1. The van der Waals surface area contributed by atoms with Crippen molar-refractivity contribution in [2.75, 3.05) is 0 Å². The third-order valence-electron chi connectivity index (χ3n) is 1.77. The van der Waals surface area contributed by atoms with Crippen LogP contribution in [-0.4, -0.2) is 9.97 Å². The second kappa shape index (κ2) is 3.49. The molecule has 0 radical (unpaired) electrons. The van der Waals surface area contributed by atoms with Gasteiger partial charge < -0.3 is 0 Å². The molecule has 2 nitrogen and oxygen atoms in total. The van der Waals surface area contributed by atoms with Gasteiger partial charge in [0.2, 0.25) is 0 Å². The maximum atomic E-state index is 13.2. The van der Waals surface area contributed by atoms with Gasteiger partial charge in [0.05, 0.1) is 11.9 Å². The molecule has 0 aliphatic carbocycles. The van der Waals surface area contributed by atoms with Crippen LogP contribution in [0.15, 0.2) is 36.8 Å². The summed E-state index contributed by atoms with van der Waals surface area (Å²) in [5.74, 6) is -1.24. The van der Waals surface area contributed by atoms with Gasteiger partial charge in [-0.15, -0.1) is 0 Å². The molecule has 0 amide bonds. The van der Waals surface area contributed by atoms with E-state index in [0.29, 0.717) is 5.69 Å². The summed E-state index contributed by atoms with van der Waals surface area (Å²) in [6.07, 6.45) is 4.37. The average molecular weight is 192 g/mol. The van der Waals surface area contributed by atoms with Crippen LogP contribution in [0.2, 0.25) is 0 Å². The highest BCUT2D eigenvalue weighted by Gasteiger charge is 2.06. The highest BCUT2D eigenvalue weighted by Crippen LogP contribution is 2.19. The van der Waals surface area contributed by atoms with Gasteiger partial charge in [-0.1, -0.05) is 0 Å². The minimum atomic E-state index is -0.634. The summed E-state index contributed by atoms with van der Waals surface area (Å²) in [5, 5.41) is 0. The van der Waals surface area contributed by atoms with E-state index in [4.69, 9.17) is 0 Å². The van der Waals surface area contributed by atoms with Crippen LogP contribution in [0.4, 0.5) is 8.78 Å². The molecule has 0 aliphatic heterocycles. The molecule has 0 atom stereocenters. The Bertz CT molecular complexity index is 443. The first-order chi connectivity index (χ1) is 6.77. The summed E-state index contributed by atoms with van der Waals surface area (Å²) >= 11 is 0. The normalized spacial score (nSPS) is 10.1. The van der Waals surface area contributed by atoms with Crippen LogP contribution < -0.4 is 0 Å². The minimum Gasteiger partial charge on any atom is -0.261 e. The zero-order valence-electron chi connectivity index (χ0n) is 7.11. The van der Waals surface area contributed by atoms with Gasteiger partial charge in [-0.3, -0.25) is 9.97 Å². The Morgan fingerprint density at radius 2 is 1.93 bits per heavy atom. The number of halogens is 2. The first kappa shape index (κ1) is 8.74. The van der Waals surface area contributed by atoms with Crippen LogP contribution in [0, 0.1) is 11.6 Å². The van der Waals surface area contributed by atoms with E-state index in [1.165, 1.54) is 30.7 Å². The second-order valence-corrected chi connectivity index (χ2v) is 2.71. The largest absolute Gasteiger partial charge is 0.261 e. The molecule has 0 N–H and O–H groups in total. The predicted molar refractivity (Wildman–Crippen MR) is 47.4 cm³/mol. The topological polar surface area (TPSA) is 25.8 Å². The van der Waals surface area contributed by atoms with Gasteiger partial charge in [-0.2, -0.15) is 0 Å². The van der Waals surface area contributed by atoms with Crippen molar-refractivity contribution in [2.45, 2.75) is 0 Å². The molecular formula is C10H6F2N2. The number of nitrogens with zero attached hydrogens (tertiary/aromatic N) is 2. The van der Waals surface area contributed by atoms with Crippen molar-refractivity contribution in [3.8, 4) is 11.3 Å². The lowest BCUT2D eigenvalue weighted by molar-refractivity contribution is 0.585. The number of benzene rings is 1. The molecule has 2 rings (SSSR count). The third-order valence-corrected chi connectivity index (χ3v) is 1.77. The quantitative estimate of drug-likeness (QED) is 0.693. The van der Waals surface area contributed by atoms with E-state index < -0.39 is 11.6 Å². The average Bonchev–Trinajstić information content (AvgIpc) is 2.19. The third kappa shape index (κ3) is 1.59. The van der Waals surface area contributed by atoms with E-state index >= 15 is 0 Å². The lowest BCUT2D eigenvalue weighted by atomic mass is 10.1. The Hall–Kier alpha value is -1.84. The van der Waals surface area contributed by atoms with Gasteiger partial charge in [-0.05, 0) is 12.1 Å². The Labute approximate surface area is 79.3 Å². The first-order valence-corrected chi connectivity index (χ1v) is 3.99. The molecule has 0 fully saturated rings. The molecule has 70 valence electrons. The van der Waals surface area contributed by atoms with E-state index in [0.717, 1.165) is 6.07 Å². The molecular weight excluding hydrogens is 186 g/mol. The lowest BCUT2D eigenvalue weighted by Gasteiger charge is -2.00. The van der Waals surface area contributed by atoms with Crippen molar-refractivity contribution in [1.29, 1.82) is 0 Å². The number of hydrogen-bond donors (Lipinski definition) is 0. The Morgan fingerprint density at radius 3 is 2.57 bits per heavy atom. The summed E-state index contributed by atoms with van der Waals surface area (Å²) in [4.78, 5) is 7.72. The molecule has 0 bridgehead atoms. The smallest absolute Gasteiger partial charge is 0.135 e. The Kier molecular flexibility index (Phi) is 2.18. The van der Waals surface area contributed by atoms with Gasteiger partial charge in [-0.25, -0.2) is 8.78 Å². The fraction of sp³-hybridized carbons (Fsp3) is 0. The highest BCUT2D eigenvalue weighted by atomic mass is 19.1. The fourth-order valence-corrected chi connectivity index (χ4v) is 1.14. The molecule has 1 heterocycles. The molecule has 14 heavy (non-hydrogen) atoms. The molecule has 1 aromatic heterocycles. The monoisotopic (exact) mass is 192 g/mol. The van der Waals surface area contributed by atoms with Crippen molar-refractivity contribution in [3.63, 3.8) is 0 Å². The van der Waals surface area contributed by atoms with Gasteiger partial charge in [0.25, 0.3) is 0 Å². The molecule has 1 aromatic carbocycles. The fourth-order valence-electron chi connectivity index (χ4n) is 1.14. The Morgan fingerprint density at radius 1 is 1.07 bits per heavy atom. The molecule has 0 spiro atoms. The summed E-state index contributed by atoms with van der Waals surface area (Å²) in [6.45, 7) is 0. The van der Waals surface area contributed by atoms with Crippen molar-refractivity contribution in [2.24, 2.45) is 0 Å². The molecule has 0 saturated carbocycles. The van der Waals surface area contributed by atoms with Crippen molar-refractivity contribution < 1.29 is 8.78 Å². The van der Waals surface area contributed by atoms with E-state index in [9.17, 15) is 8.78 Å². The van der Waals surface area contributed by atoms with E-state index in [2.05, 4.69) is 9.97 Å². The van der Waals surface area contributed by atoms with Crippen LogP contribution in [-0.2, 0) is 0 Å². The van der Waals surface area contributed by atoms with E-state index in [-0.39, 0.29) is 5.56 Å². The summed E-state index contributed by atoms with van der Waals surface area (Å²) in [5.41, 5.74) is 0.643. The number of aromatic nitrogens is 2. The predicted octanol–water partition coefficient (Wildman–Crippen LogP) is 2.42. The minimum absolute atomic E-state index is 0.250. The van der Waals surface area contributed by atoms with Gasteiger partial charge in [0, 0.05) is 24.0 Å². The van der Waals surface area contributed by atoms with Crippen LogP contribution in [0.3, 0.4) is 0 Å². The standard InChI is InChI=1S/C10H6F2N2/c11-7-1-2-8(9(12)5-7)10-6-13-3-4-14-10/h1-6H. The summed E-state index contributed by atoms with van der Waals surface area (Å²) < 4.78 is 25.8. The first-order valence-electron chi connectivity index (χ1n) is 3.99. The zero-order valence-corrected chi connectivity index (χ0v) is 7.11. The molecule has 2 aromatic rings. The van der Waals surface area contributed by atoms with E-state index in [1.54, 1.807) is 0 Å². The van der Waals surface area contributed by atoms with E-state index in [1.807, 2.05) is 0 Å². The summed E-state index contributed by atoms with van der Waals surface area (Å²) in [6, 6.07) is 3.35. The van der Waals surface area contributed by atoms with Crippen molar-refractivity contribution in [3.05, 3.63) is 48.4 Å². The van der Waals surface area contributed by atoms with Gasteiger partial charge in [0.1, 0.15) is 11.6 Å². The van der Waals surface area contributed by atoms with Crippen LogP contribution in [0.25, 0.3) is 11.3 Å². The van der Waals surface area contributed by atoms with Gasteiger partial charge in [0.15, 0.2) is 0 Å². The maximum absolute atomic E-state index is 13.2. The second-order valence-electron chi connectivity index (χ2n) is 2.71. The van der Waals surface area contributed by atoms with Crippen molar-refractivity contribution in [1.82, 2.24) is 9.97 Å². The molecule has 0 aliphatic rings. The molecule has 0 saturated heterocycles. The summed E-state index contributed by atoms with van der Waals surface area (Å²) in [7, 11) is 0. The van der Waals surface area contributed by atoms with Crippen LogP contribution >= 0.6 is 0 Å². The van der Waals surface area contributed by atoms with Gasteiger partial charge >= 0.3 is 0 Å². The SMILES string of the molecule is Fc1ccc(-c2cnccn2)c(F)c1. The molecule has 4 heteroatoms. The molecule has 0 unspecified atom stereocenters. The number of hydrogen-bond acceptors (Lipinski definition) is 2. The highest BCUT2D eigenvalue weighted by molar-refractivity contribution is 5.58. The van der Waals surface area contributed by atoms with Crippen molar-refractivity contribution >= 4 is 0 Å². The zero-order chi connectivity index (χ0) is 9.97. The lowest BCUT2D eigenvalue weighted by Crippen LogP contribution is -1.89. The van der Waals surface area contributed by atoms with Crippen LogP contribution in [0.5, 0.6) is 0 Å². The maximum Gasteiger partial charge on any atom is 0.135 e. The van der Waals surface area contributed by atoms with Crippen LogP contribution in [0.1, 0.15) is 0 Å². The Balaban J connectivity index is 2.53.